The first-order valence-electron chi connectivity index (χ1n) is 7.57. The van der Waals surface area contributed by atoms with Crippen LogP contribution < -0.4 is 10.1 Å². The summed E-state index contributed by atoms with van der Waals surface area (Å²) in [5.74, 6) is 1.50. The van der Waals surface area contributed by atoms with Crippen LogP contribution in [0.25, 0.3) is 0 Å². The van der Waals surface area contributed by atoms with Crippen molar-refractivity contribution in [1.82, 2.24) is 5.32 Å². The Morgan fingerprint density at radius 2 is 1.88 bits per heavy atom. The van der Waals surface area contributed by atoms with E-state index in [4.69, 9.17) is 4.74 Å². The SMILES string of the molecule is COc1cccc([C@@H](C)NCCSc2cccc(C(F)(F)F)c2)c1. The summed E-state index contributed by atoms with van der Waals surface area (Å²) in [6.07, 6.45) is -4.30. The quantitative estimate of drug-likeness (QED) is 0.548. The molecule has 0 radical (unpaired) electrons. The maximum absolute atomic E-state index is 12.7. The van der Waals surface area contributed by atoms with Crippen molar-refractivity contribution in [3.8, 4) is 5.75 Å². The molecule has 0 bridgehead atoms. The Kier molecular flexibility index (Phi) is 6.57. The molecule has 2 aromatic rings. The van der Waals surface area contributed by atoms with Crippen LogP contribution in [-0.2, 0) is 6.18 Å². The molecule has 0 aliphatic heterocycles. The molecule has 6 heteroatoms. The first-order valence-corrected chi connectivity index (χ1v) is 8.56. The lowest BCUT2D eigenvalue weighted by molar-refractivity contribution is -0.137. The van der Waals surface area contributed by atoms with Crippen molar-refractivity contribution in [2.75, 3.05) is 19.4 Å². The highest BCUT2D eigenvalue weighted by molar-refractivity contribution is 7.99. The van der Waals surface area contributed by atoms with Crippen molar-refractivity contribution in [1.29, 1.82) is 0 Å². The molecule has 24 heavy (non-hydrogen) atoms. The Labute approximate surface area is 144 Å². The molecule has 0 aliphatic rings. The molecule has 0 spiro atoms. The Morgan fingerprint density at radius 3 is 2.58 bits per heavy atom. The van der Waals surface area contributed by atoms with Crippen molar-refractivity contribution < 1.29 is 17.9 Å². The number of rotatable bonds is 7. The Morgan fingerprint density at radius 1 is 1.12 bits per heavy atom. The van der Waals surface area contributed by atoms with Crippen LogP contribution in [0.3, 0.4) is 0 Å². The summed E-state index contributed by atoms with van der Waals surface area (Å²) in [5, 5.41) is 3.37. The summed E-state index contributed by atoms with van der Waals surface area (Å²) in [6, 6.07) is 13.4. The number of halogens is 3. The summed E-state index contributed by atoms with van der Waals surface area (Å²) in [4.78, 5) is 0.626. The molecule has 2 nitrogen and oxygen atoms in total. The topological polar surface area (TPSA) is 21.3 Å². The zero-order valence-corrected chi connectivity index (χ0v) is 14.4. The fourth-order valence-corrected chi connectivity index (χ4v) is 3.08. The van der Waals surface area contributed by atoms with Crippen LogP contribution in [-0.4, -0.2) is 19.4 Å². The molecule has 2 aromatic carbocycles. The van der Waals surface area contributed by atoms with Crippen molar-refractivity contribution in [3.05, 3.63) is 59.7 Å². The number of hydrogen-bond acceptors (Lipinski definition) is 3. The summed E-state index contributed by atoms with van der Waals surface area (Å²) in [7, 11) is 1.63. The van der Waals surface area contributed by atoms with Gasteiger partial charge in [0.25, 0.3) is 0 Å². The minimum atomic E-state index is -4.30. The molecule has 0 unspecified atom stereocenters. The lowest BCUT2D eigenvalue weighted by Gasteiger charge is -2.15. The molecule has 0 amide bonds. The third-order valence-electron chi connectivity index (χ3n) is 3.58. The van der Waals surface area contributed by atoms with E-state index in [0.29, 0.717) is 17.2 Å². The molecule has 2 rings (SSSR count). The van der Waals surface area contributed by atoms with Gasteiger partial charge in [-0.15, -0.1) is 11.8 Å². The second kappa shape index (κ2) is 8.44. The van der Waals surface area contributed by atoms with Crippen LogP contribution in [0, 0.1) is 0 Å². The van der Waals surface area contributed by atoms with Crippen LogP contribution in [0.4, 0.5) is 13.2 Å². The molecule has 0 saturated heterocycles. The molecule has 1 atom stereocenters. The van der Waals surface area contributed by atoms with Crippen molar-refractivity contribution in [2.24, 2.45) is 0 Å². The summed E-state index contributed by atoms with van der Waals surface area (Å²) in [6.45, 7) is 2.74. The Bertz CT molecular complexity index is 661. The zero-order valence-electron chi connectivity index (χ0n) is 13.6. The predicted molar refractivity (Wildman–Crippen MR) is 91.6 cm³/mol. The lowest BCUT2D eigenvalue weighted by atomic mass is 10.1. The average Bonchev–Trinajstić information content (AvgIpc) is 2.58. The van der Waals surface area contributed by atoms with E-state index in [0.717, 1.165) is 17.4 Å². The van der Waals surface area contributed by atoms with E-state index < -0.39 is 11.7 Å². The number of benzene rings is 2. The van der Waals surface area contributed by atoms with Gasteiger partial charge in [0.15, 0.2) is 0 Å². The third kappa shape index (κ3) is 5.46. The monoisotopic (exact) mass is 355 g/mol. The van der Waals surface area contributed by atoms with Crippen molar-refractivity contribution in [2.45, 2.75) is 24.0 Å². The van der Waals surface area contributed by atoms with Gasteiger partial charge in [-0.25, -0.2) is 0 Å². The second-order valence-electron chi connectivity index (χ2n) is 5.33. The molecule has 130 valence electrons. The summed E-state index contributed by atoms with van der Waals surface area (Å²) in [5.41, 5.74) is 0.503. The molecule has 0 aromatic heterocycles. The number of methoxy groups -OCH3 is 1. The van der Waals surface area contributed by atoms with Gasteiger partial charge in [0.05, 0.1) is 12.7 Å². The van der Waals surface area contributed by atoms with E-state index in [1.54, 1.807) is 13.2 Å². The maximum atomic E-state index is 12.7. The molecule has 0 saturated carbocycles. The van der Waals surface area contributed by atoms with Gasteiger partial charge in [0.1, 0.15) is 5.75 Å². The van der Waals surface area contributed by atoms with Crippen molar-refractivity contribution >= 4 is 11.8 Å². The minimum absolute atomic E-state index is 0.141. The second-order valence-corrected chi connectivity index (χ2v) is 6.49. The highest BCUT2D eigenvalue weighted by atomic mass is 32.2. The standard InChI is InChI=1S/C18H20F3NOS/c1-13(14-5-3-7-16(11-14)23-2)22-9-10-24-17-8-4-6-15(12-17)18(19,20)21/h3-8,11-13,22H,9-10H2,1-2H3/t13-/m1/s1. The van der Waals surface area contributed by atoms with Gasteiger partial charge in [-0.3, -0.25) is 0 Å². The van der Waals surface area contributed by atoms with Gasteiger partial charge < -0.3 is 10.1 Å². The van der Waals surface area contributed by atoms with Crippen LogP contribution in [0.2, 0.25) is 0 Å². The third-order valence-corrected chi connectivity index (χ3v) is 4.57. The first kappa shape index (κ1) is 18.7. The Balaban J connectivity index is 1.82. The van der Waals surface area contributed by atoms with Crippen LogP contribution in [0.1, 0.15) is 24.1 Å². The van der Waals surface area contributed by atoms with Gasteiger partial charge in [-0.1, -0.05) is 18.2 Å². The predicted octanol–water partition coefficient (Wildman–Crippen LogP) is 5.16. The van der Waals surface area contributed by atoms with E-state index in [1.807, 2.05) is 31.2 Å². The first-order chi connectivity index (χ1) is 11.4. The van der Waals surface area contributed by atoms with Gasteiger partial charge in [0, 0.05) is 23.2 Å². The lowest BCUT2D eigenvalue weighted by Crippen LogP contribution is -2.21. The van der Waals surface area contributed by atoms with E-state index in [2.05, 4.69) is 5.32 Å². The molecular formula is C18H20F3NOS. The fourth-order valence-electron chi connectivity index (χ4n) is 2.24. The summed E-state index contributed by atoms with van der Waals surface area (Å²) < 4.78 is 43.2. The van der Waals surface area contributed by atoms with Gasteiger partial charge in [0.2, 0.25) is 0 Å². The van der Waals surface area contributed by atoms with E-state index in [1.165, 1.54) is 23.9 Å². The van der Waals surface area contributed by atoms with E-state index >= 15 is 0 Å². The molecule has 0 fully saturated rings. The molecular weight excluding hydrogens is 335 g/mol. The number of ether oxygens (including phenoxy) is 1. The number of hydrogen-bond donors (Lipinski definition) is 1. The van der Waals surface area contributed by atoms with E-state index in [9.17, 15) is 13.2 Å². The highest BCUT2D eigenvalue weighted by Gasteiger charge is 2.30. The highest BCUT2D eigenvalue weighted by Crippen LogP contribution is 2.31. The summed E-state index contributed by atoms with van der Waals surface area (Å²) >= 11 is 1.41. The largest absolute Gasteiger partial charge is 0.497 e. The van der Waals surface area contributed by atoms with Gasteiger partial charge >= 0.3 is 6.18 Å². The molecule has 1 N–H and O–H groups in total. The fraction of sp³-hybridized carbons (Fsp3) is 0.333. The van der Waals surface area contributed by atoms with E-state index in [-0.39, 0.29) is 6.04 Å². The van der Waals surface area contributed by atoms with Gasteiger partial charge in [-0.2, -0.15) is 13.2 Å². The zero-order chi connectivity index (χ0) is 17.6. The number of nitrogens with one attached hydrogen (secondary N) is 1. The van der Waals surface area contributed by atoms with Crippen LogP contribution in [0.15, 0.2) is 53.4 Å². The van der Waals surface area contributed by atoms with Crippen molar-refractivity contribution in [3.63, 3.8) is 0 Å². The maximum Gasteiger partial charge on any atom is 0.416 e. The average molecular weight is 355 g/mol. The number of alkyl halides is 3. The molecule has 0 aliphatic carbocycles. The normalized spacial score (nSPS) is 12.9. The number of thioether (sulfide) groups is 1. The van der Waals surface area contributed by atoms with Crippen LogP contribution >= 0.6 is 11.8 Å². The smallest absolute Gasteiger partial charge is 0.416 e. The molecule has 0 heterocycles. The van der Waals surface area contributed by atoms with Crippen LogP contribution in [0.5, 0.6) is 5.75 Å². The minimum Gasteiger partial charge on any atom is -0.497 e. The Hall–Kier alpha value is -1.66. The van der Waals surface area contributed by atoms with Gasteiger partial charge in [-0.05, 0) is 42.8 Å².